The molecular formula is C32H38ClN3. The van der Waals surface area contributed by atoms with Crippen molar-refractivity contribution in [3.8, 4) is 22.6 Å². The SMILES string of the molecule is CCCCCn1c(-c2ccccc2)nc(-c2ccccc2)c1CN(CCCC)Cc1ccccc1Cl. The normalized spacial score (nSPS) is 11.3. The van der Waals surface area contributed by atoms with Gasteiger partial charge in [-0.25, -0.2) is 4.98 Å². The summed E-state index contributed by atoms with van der Waals surface area (Å²) in [6.07, 6.45) is 5.88. The zero-order valence-corrected chi connectivity index (χ0v) is 22.4. The van der Waals surface area contributed by atoms with E-state index in [4.69, 9.17) is 16.6 Å². The minimum atomic E-state index is 0.828. The summed E-state index contributed by atoms with van der Waals surface area (Å²) in [4.78, 5) is 7.84. The Kier molecular flexibility index (Phi) is 9.77. The smallest absolute Gasteiger partial charge is 0.140 e. The first-order chi connectivity index (χ1) is 17.7. The Hall–Kier alpha value is -2.88. The van der Waals surface area contributed by atoms with Gasteiger partial charge >= 0.3 is 0 Å². The van der Waals surface area contributed by atoms with Gasteiger partial charge < -0.3 is 4.57 Å². The molecule has 4 aromatic rings. The molecule has 0 aliphatic carbocycles. The maximum Gasteiger partial charge on any atom is 0.140 e. The average molecular weight is 500 g/mol. The third kappa shape index (κ3) is 6.66. The molecule has 0 aliphatic heterocycles. The lowest BCUT2D eigenvalue weighted by atomic mass is 10.1. The van der Waals surface area contributed by atoms with Crippen molar-refractivity contribution in [3.05, 3.63) is 101 Å². The number of unbranched alkanes of at least 4 members (excludes halogenated alkanes) is 3. The summed E-state index contributed by atoms with van der Waals surface area (Å²) in [5, 5.41) is 0.837. The van der Waals surface area contributed by atoms with Crippen molar-refractivity contribution < 1.29 is 0 Å². The molecule has 4 rings (SSSR count). The highest BCUT2D eigenvalue weighted by Crippen LogP contribution is 2.32. The molecule has 0 saturated carbocycles. The van der Waals surface area contributed by atoms with Gasteiger partial charge in [0.1, 0.15) is 5.82 Å². The Morgan fingerprint density at radius 2 is 1.36 bits per heavy atom. The van der Waals surface area contributed by atoms with E-state index in [1.807, 2.05) is 12.1 Å². The third-order valence-electron chi connectivity index (χ3n) is 6.69. The van der Waals surface area contributed by atoms with Gasteiger partial charge in [-0.05, 0) is 31.0 Å². The number of aromatic nitrogens is 2. The highest BCUT2D eigenvalue weighted by molar-refractivity contribution is 6.31. The van der Waals surface area contributed by atoms with Crippen LogP contribution in [0, 0.1) is 0 Å². The molecule has 0 amide bonds. The predicted molar refractivity (Wildman–Crippen MR) is 153 cm³/mol. The lowest BCUT2D eigenvalue weighted by Crippen LogP contribution is -2.26. The van der Waals surface area contributed by atoms with Crippen LogP contribution in [0.15, 0.2) is 84.9 Å². The molecule has 3 nitrogen and oxygen atoms in total. The Labute approximate surface area is 221 Å². The van der Waals surface area contributed by atoms with E-state index < -0.39 is 0 Å². The zero-order valence-electron chi connectivity index (χ0n) is 21.7. The van der Waals surface area contributed by atoms with Crippen LogP contribution < -0.4 is 0 Å². The van der Waals surface area contributed by atoms with E-state index in [2.05, 4.69) is 96.1 Å². The fourth-order valence-corrected chi connectivity index (χ4v) is 4.91. The van der Waals surface area contributed by atoms with Gasteiger partial charge in [0.15, 0.2) is 0 Å². The quantitative estimate of drug-likeness (QED) is 0.171. The van der Waals surface area contributed by atoms with Gasteiger partial charge in [-0.1, -0.05) is 124 Å². The Bertz CT molecular complexity index is 1200. The highest BCUT2D eigenvalue weighted by Gasteiger charge is 2.22. The average Bonchev–Trinajstić information content (AvgIpc) is 3.27. The molecule has 3 aromatic carbocycles. The fourth-order valence-electron chi connectivity index (χ4n) is 4.72. The van der Waals surface area contributed by atoms with Crippen molar-refractivity contribution in [1.82, 2.24) is 14.5 Å². The lowest BCUT2D eigenvalue weighted by molar-refractivity contribution is 0.246. The molecule has 0 aliphatic rings. The van der Waals surface area contributed by atoms with Gasteiger partial charge in [-0.15, -0.1) is 0 Å². The van der Waals surface area contributed by atoms with Crippen LogP contribution in [0.1, 0.15) is 57.2 Å². The molecule has 1 heterocycles. The first-order valence-corrected chi connectivity index (χ1v) is 13.7. The summed E-state index contributed by atoms with van der Waals surface area (Å²) in [6, 6.07) is 29.5. The number of halogens is 1. The van der Waals surface area contributed by atoms with Gasteiger partial charge in [-0.3, -0.25) is 4.90 Å². The van der Waals surface area contributed by atoms with Crippen molar-refractivity contribution >= 4 is 11.6 Å². The molecule has 0 spiro atoms. The molecule has 1 aromatic heterocycles. The summed E-state index contributed by atoms with van der Waals surface area (Å²) in [5.41, 5.74) is 5.90. The van der Waals surface area contributed by atoms with E-state index in [1.165, 1.54) is 35.2 Å². The fraction of sp³-hybridized carbons (Fsp3) is 0.344. The van der Waals surface area contributed by atoms with Crippen molar-refractivity contribution in [1.29, 1.82) is 0 Å². The second-order valence-corrected chi connectivity index (χ2v) is 9.88. The minimum Gasteiger partial charge on any atom is -0.326 e. The maximum atomic E-state index is 6.59. The van der Waals surface area contributed by atoms with Crippen molar-refractivity contribution in [2.24, 2.45) is 0 Å². The van der Waals surface area contributed by atoms with Gasteiger partial charge in [-0.2, -0.15) is 0 Å². The minimum absolute atomic E-state index is 0.828. The van der Waals surface area contributed by atoms with Crippen LogP contribution in [0.2, 0.25) is 5.02 Å². The van der Waals surface area contributed by atoms with Gasteiger partial charge in [0.2, 0.25) is 0 Å². The van der Waals surface area contributed by atoms with Crippen LogP contribution in [0.4, 0.5) is 0 Å². The molecule has 0 N–H and O–H groups in total. The van der Waals surface area contributed by atoms with Crippen molar-refractivity contribution in [2.45, 2.75) is 65.6 Å². The summed E-state index contributed by atoms with van der Waals surface area (Å²) in [7, 11) is 0. The van der Waals surface area contributed by atoms with E-state index in [0.717, 1.165) is 62.0 Å². The van der Waals surface area contributed by atoms with E-state index in [0.29, 0.717) is 0 Å². The number of rotatable bonds is 13. The molecule has 0 radical (unpaired) electrons. The zero-order chi connectivity index (χ0) is 25.2. The monoisotopic (exact) mass is 499 g/mol. The summed E-state index contributed by atoms with van der Waals surface area (Å²) in [6.45, 7) is 8.18. The molecule has 0 atom stereocenters. The van der Waals surface area contributed by atoms with Crippen LogP contribution in [-0.4, -0.2) is 21.0 Å². The van der Waals surface area contributed by atoms with E-state index >= 15 is 0 Å². The van der Waals surface area contributed by atoms with E-state index in [9.17, 15) is 0 Å². The highest BCUT2D eigenvalue weighted by atomic mass is 35.5. The molecule has 0 bridgehead atoms. The first-order valence-electron chi connectivity index (χ1n) is 13.4. The van der Waals surface area contributed by atoms with Crippen LogP contribution in [0.5, 0.6) is 0 Å². The second kappa shape index (κ2) is 13.4. The number of hydrogen-bond donors (Lipinski definition) is 0. The van der Waals surface area contributed by atoms with Crippen molar-refractivity contribution in [3.63, 3.8) is 0 Å². The molecule has 0 fully saturated rings. The second-order valence-electron chi connectivity index (χ2n) is 9.48. The number of hydrogen-bond acceptors (Lipinski definition) is 2. The maximum absolute atomic E-state index is 6.59. The molecule has 36 heavy (non-hydrogen) atoms. The van der Waals surface area contributed by atoms with Crippen LogP contribution >= 0.6 is 11.6 Å². The van der Waals surface area contributed by atoms with Crippen LogP contribution in [-0.2, 0) is 19.6 Å². The predicted octanol–water partition coefficient (Wildman–Crippen LogP) is 8.86. The van der Waals surface area contributed by atoms with Gasteiger partial charge in [0, 0.05) is 35.8 Å². The van der Waals surface area contributed by atoms with E-state index in [1.54, 1.807) is 0 Å². The van der Waals surface area contributed by atoms with Crippen LogP contribution in [0.25, 0.3) is 22.6 Å². The first kappa shape index (κ1) is 26.2. The number of imidazole rings is 1. The molecule has 4 heteroatoms. The topological polar surface area (TPSA) is 21.1 Å². The molecule has 0 saturated heterocycles. The third-order valence-corrected chi connectivity index (χ3v) is 7.06. The Morgan fingerprint density at radius 1 is 0.722 bits per heavy atom. The Balaban J connectivity index is 1.80. The summed E-state index contributed by atoms with van der Waals surface area (Å²) < 4.78 is 2.48. The number of benzene rings is 3. The molecular weight excluding hydrogens is 462 g/mol. The summed E-state index contributed by atoms with van der Waals surface area (Å²) >= 11 is 6.59. The molecule has 188 valence electrons. The largest absolute Gasteiger partial charge is 0.326 e. The summed E-state index contributed by atoms with van der Waals surface area (Å²) in [5.74, 6) is 1.06. The van der Waals surface area contributed by atoms with Gasteiger partial charge in [0.25, 0.3) is 0 Å². The van der Waals surface area contributed by atoms with Crippen LogP contribution in [0.3, 0.4) is 0 Å². The lowest BCUT2D eigenvalue weighted by Gasteiger charge is -2.24. The molecule has 0 unspecified atom stereocenters. The number of nitrogens with zero attached hydrogens (tertiary/aromatic N) is 3. The van der Waals surface area contributed by atoms with Crippen molar-refractivity contribution in [2.75, 3.05) is 6.54 Å². The standard InChI is InChI=1S/C32H38ClN3/c1-3-5-15-23-36-30(25-35(22-6-4-2)24-28-20-13-14-21-29(28)33)31(26-16-9-7-10-17-26)34-32(36)27-18-11-8-12-19-27/h7-14,16-21H,3-6,15,22-25H2,1-2H3. The van der Waals surface area contributed by atoms with Gasteiger partial charge in [0.05, 0.1) is 11.4 Å². The van der Waals surface area contributed by atoms with E-state index in [-0.39, 0.29) is 0 Å². The Morgan fingerprint density at radius 3 is 2.03 bits per heavy atom.